The van der Waals surface area contributed by atoms with E-state index in [1.807, 2.05) is 19.1 Å². The zero-order valence-electron chi connectivity index (χ0n) is 9.20. The topological polar surface area (TPSA) is 32.3 Å². The molecular formula is C12H18BrNO. The molecule has 0 aliphatic carbocycles. The summed E-state index contributed by atoms with van der Waals surface area (Å²) >= 11 is 3.41. The Bertz CT molecular complexity index is 286. The number of nitrogens with one attached hydrogen (secondary N) is 1. The van der Waals surface area contributed by atoms with E-state index < -0.39 is 0 Å². The van der Waals surface area contributed by atoms with Crippen LogP contribution in [0.25, 0.3) is 0 Å². The lowest BCUT2D eigenvalue weighted by atomic mass is 10.1. The predicted molar refractivity (Wildman–Crippen MR) is 66.8 cm³/mol. The van der Waals surface area contributed by atoms with Gasteiger partial charge in [0.15, 0.2) is 0 Å². The fourth-order valence-corrected chi connectivity index (χ4v) is 1.58. The first kappa shape index (κ1) is 12.7. The van der Waals surface area contributed by atoms with Gasteiger partial charge in [-0.1, -0.05) is 35.0 Å². The molecule has 0 saturated carbocycles. The number of halogens is 1. The van der Waals surface area contributed by atoms with Crippen LogP contribution in [0.3, 0.4) is 0 Å². The lowest BCUT2D eigenvalue weighted by molar-refractivity contribution is 0.231. The molecule has 3 heteroatoms. The van der Waals surface area contributed by atoms with E-state index in [2.05, 4.69) is 40.3 Å². The molecule has 15 heavy (non-hydrogen) atoms. The van der Waals surface area contributed by atoms with Crippen molar-refractivity contribution in [1.29, 1.82) is 0 Å². The lowest BCUT2D eigenvalue weighted by Gasteiger charge is -2.16. The summed E-state index contributed by atoms with van der Waals surface area (Å²) < 4.78 is 1.10. The van der Waals surface area contributed by atoms with Crippen LogP contribution in [0.2, 0.25) is 0 Å². The second kappa shape index (κ2) is 6.26. The second-order valence-corrected chi connectivity index (χ2v) is 4.88. The summed E-state index contributed by atoms with van der Waals surface area (Å²) in [7, 11) is 0. The van der Waals surface area contributed by atoms with Gasteiger partial charge in [0.1, 0.15) is 0 Å². The standard InChI is InChI=1S/C12H18BrNO/c1-9(8-15)7-14-10(2)11-3-5-12(13)6-4-11/h3-6,9-10,14-15H,7-8H2,1-2H3/t9?,10-/m0/s1. The Labute approximate surface area is 99.8 Å². The summed E-state index contributed by atoms with van der Waals surface area (Å²) in [5.74, 6) is 0.308. The number of aliphatic hydroxyl groups is 1. The highest BCUT2D eigenvalue weighted by Gasteiger charge is 2.06. The highest BCUT2D eigenvalue weighted by atomic mass is 79.9. The quantitative estimate of drug-likeness (QED) is 0.863. The molecule has 84 valence electrons. The molecule has 0 saturated heterocycles. The van der Waals surface area contributed by atoms with Gasteiger partial charge in [0.05, 0.1) is 0 Å². The first-order valence-corrected chi connectivity index (χ1v) is 6.02. The minimum absolute atomic E-state index is 0.236. The van der Waals surface area contributed by atoms with E-state index in [-0.39, 0.29) is 6.61 Å². The van der Waals surface area contributed by atoms with Crippen LogP contribution in [0.5, 0.6) is 0 Å². The molecule has 1 aromatic carbocycles. The Morgan fingerprint density at radius 1 is 1.27 bits per heavy atom. The predicted octanol–water partition coefficient (Wildman–Crippen LogP) is 2.73. The van der Waals surface area contributed by atoms with Gasteiger partial charge in [-0.2, -0.15) is 0 Å². The highest BCUT2D eigenvalue weighted by Crippen LogP contribution is 2.16. The minimum atomic E-state index is 0.236. The first-order chi connectivity index (χ1) is 7.13. The molecule has 0 fully saturated rings. The van der Waals surface area contributed by atoms with Crippen LogP contribution in [0.4, 0.5) is 0 Å². The third kappa shape index (κ3) is 4.33. The summed E-state index contributed by atoms with van der Waals surface area (Å²) in [6.45, 7) is 5.24. The van der Waals surface area contributed by atoms with Crippen molar-refractivity contribution in [2.24, 2.45) is 5.92 Å². The SMILES string of the molecule is CC(CO)CN[C@@H](C)c1ccc(Br)cc1. The maximum atomic E-state index is 8.91. The second-order valence-electron chi connectivity index (χ2n) is 3.97. The largest absolute Gasteiger partial charge is 0.396 e. The third-order valence-electron chi connectivity index (χ3n) is 2.45. The van der Waals surface area contributed by atoms with E-state index in [0.717, 1.165) is 11.0 Å². The van der Waals surface area contributed by atoms with E-state index >= 15 is 0 Å². The van der Waals surface area contributed by atoms with Crippen LogP contribution < -0.4 is 5.32 Å². The van der Waals surface area contributed by atoms with Crippen molar-refractivity contribution in [1.82, 2.24) is 5.32 Å². The third-order valence-corrected chi connectivity index (χ3v) is 2.98. The van der Waals surface area contributed by atoms with Gasteiger partial charge in [0, 0.05) is 23.7 Å². The van der Waals surface area contributed by atoms with Crippen molar-refractivity contribution in [3.63, 3.8) is 0 Å². The van der Waals surface area contributed by atoms with Crippen molar-refractivity contribution in [2.75, 3.05) is 13.2 Å². The lowest BCUT2D eigenvalue weighted by Crippen LogP contribution is -2.26. The Balaban J connectivity index is 2.46. The molecule has 1 rings (SSSR count). The minimum Gasteiger partial charge on any atom is -0.396 e. The van der Waals surface area contributed by atoms with E-state index in [0.29, 0.717) is 12.0 Å². The van der Waals surface area contributed by atoms with Crippen molar-refractivity contribution < 1.29 is 5.11 Å². The zero-order valence-corrected chi connectivity index (χ0v) is 10.8. The molecule has 0 aliphatic heterocycles. The number of rotatable bonds is 5. The van der Waals surface area contributed by atoms with Crippen molar-refractivity contribution in [3.05, 3.63) is 34.3 Å². The summed E-state index contributed by atoms with van der Waals surface area (Å²) in [4.78, 5) is 0. The van der Waals surface area contributed by atoms with Crippen LogP contribution in [-0.4, -0.2) is 18.3 Å². The van der Waals surface area contributed by atoms with Crippen molar-refractivity contribution in [3.8, 4) is 0 Å². The van der Waals surface area contributed by atoms with Crippen LogP contribution in [0.1, 0.15) is 25.5 Å². The monoisotopic (exact) mass is 271 g/mol. The Morgan fingerprint density at radius 2 is 1.87 bits per heavy atom. The van der Waals surface area contributed by atoms with Gasteiger partial charge in [-0.05, 0) is 30.5 Å². The van der Waals surface area contributed by atoms with Gasteiger partial charge < -0.3 is 10.4 Å². The summed E-state index contributed by atoms with van der Waals surface area (Å²) in [5.41, 5.74) is 1.27. The van der Waals surface area contributed by atoms with E-state index in [1.165, 1.54) is 5.56 Å². The van der Waals surface area contributed by atoms with Crippen LogP contribution in [0.15, 0.2) is 28.7 Å². The van der Waals surface area contributed by atoms with Crippen LogP contribution in [0, 0.1) is 5.92 Å². The zero-order chi connectivity index (χ0) is 11.3. The van der Waals surface area contributed by atoms with Gasteiger partial charge in [-0.15, -0.1) is 0 Å². The number of hydrogen-bond acceptors (Lipinski definition) is 2. The molecule has 2 atom stereocenters. The summed E-state index contributed by atoms with van der Waals surface area (Å²) in [5, 5.41) is 12.3. The number of aliphatic hydroxyl groups excluding tert-OH is 1. The van der Waals surface area contributed by atoms with Crippen LogP contribution >= 0.6 is 15.9 Å². The molecule has 0 amide bonds. The molecule has 2 N–H and O–H groups in total. The van der Waals surface area contributed by atoms with Crippen molar-refractivity contribution >= 4 is 15.9 Å². The van der Waals surface area contributed by atoms with Crippen molar-refractivity contribution in [2.45, 2.75) is 19.9 Å². The Morgan fingerprint density at radius 3 is 2.40 bits per heavy atom. The van der Waals surface area contributed by atoms with E-state index in [1.54, 1.807) is 0 Å². The molecule has 0 heterocycles. The Kier molecular flexibility index (Phi) is 5.29. The van der Waals surface area contributed by atoms with Gasteiger partial charge in [-0.3, -0.25) is 0 Å². The summed E-state index contributed by atoms with van der Waals surface area (Å²) in [6, 6.07) is 8.62. The summed E-state index contributed by atoms with van der Waals surface area (Å²) in [6.07, 6.45) is 0. The van der Waals surface area contributed by atoms with E-state index in [4.69, 9.17) is 5.11 Å². The van der Waals surface area contributed by atoms with Gasteiger partial charge in [-0.25, -0.2) is 0 Å². The van der Waals surface area contributed by atoms with Gasteiger partial charge in [0.2, 0.25) is 0 Å². The molecule has 0 bridgehead atoms. The molecular weight excluding hydrogens is 254 g/mol. The van der Waals surface area contributed by atoms with E-state index in [9.17, 15) is 0 Å². The maximum absolute atomic E-state index is 8.91. The molecule has 0 radical (unpaired) electrons. The fraction of sp³-hybridized carbons (Fsp3) is 0.500. The molecule has 1 unspecified atom stereocenters. The first-order valence-electron chi connectivity index (χ1n) is 5.23. The van der Waals surface area contributed by atoms with Crippen LogP contribution in [-0.2, 0) is 0 Å². The average Bonchev–Trinajstić information content (AvgIpc) is 2.26. The Hall–Kier alpha value is -0.380. The highest BCUT2D eigenvalue weighted by molar-refractivity contribution is 9.10. The molecule has 0 spiro atoms. The maximum Gasteiger partial charge on any atom is 0.0468 e. The molecule has 1 aromatic rings. The average molecular weight is 272 g/mol. The van der Waals surface area contributed by atoms with Gasteiger partial charge in [0.25, 0.3) is 0 Å². The molecule has 0 aromatic heterocycles. The number of hydrogen-bond donors (Lipinski definition) is 2. The molecule has 0 aliphatic rings. The fourth-order valence-electron chi connectivity index (χ4n) is 1.31. The van der Waals surface area contributed by atoms with Gasteiger partial charge >= 0.3 is 0 Å². The normalized spacial score (nSPS) is 14.9. The smallest absolute Gasteiger partial charge is 0.0468 e. The molecule has 2 nitrogen and oxygen atoms in total. The number of benzene rings is 1.